The van der Waals surface area contributed by atoms with E-state index in [2.05, 4.69) is 10.6 Å². The van der Waals surface area contributed by atoms with Crippen molar-refractivity contribution in [2.75, 3.05) is 26.0 Å². The Morgan fingerprint density at radius 2 is 1.60 bits per heavy atom. The van der Waals surface area contributed by atoms with Gasteiger partial charge in [0, 0.05) is 14.1 Å². The molecule has 184 valence electrons. The number of nitrogens with one attached hydrogen (secondary N) is 2. The first-order valence-electron chi connectivity index (χ1n) is 10.7. The zero-order valence-electron chi connectivity index (χ0n) is 19.5. The smallest absolute Gasteiger partial charge is 0.262 e. The number of hydrogen-bond donors (Lipinski definition) is 2. The molecule has 2 N–H and O–H groups in total. The highest BCUT2D eigenvalue weighted by atomic mass is 32.2. The minimum atomic E-state index is -3.55. The van der Waals surface area contributed by atoms with E-state index in [4.69, 9.17) is 4.74 Å². The maximum atomic E-state index is 13.7. The van der Waals surface area contributed by atoms with Crippen LogP contribution in [0.2, 0.25) is 0 Å². The largest absolute Gasteiger partial charge is 0.483 e. The monoisotopic (exact) mass is 499 g/mol. The van der Waals surface area contributed by atoms with Gasteiger partial charge in [-0.15, -0.1) is 0 Å². The molecule has 0 heterocycles. The molecule has 0 saturated heterocycles. The second-order valence-electron chi connectivity index (χ2n) is 7.86. The molecule has 0 radical (unpaired) electrons. The van der Waals surface area contributed by atoms with E-state index >= 15 is 0 Å². The van der Waals surface area contributed by atoms with E-state index < -0.39 is 40.3 Å². The number of ether oxygens (including phenoxy) is 1. The SMILES string of the molecule is CC(NC(=O)c1ccccc1OCC(=O)Nc1ccccc1F)c1ccc(S(=O)(=O)N(C)C)cc1. The number of rotatable bonds is 9. The van der Waals surface area contributed by atoms with E-state index in [1.54, 1.807) is 49.4 Å². The van der Waals surface area contributed by atoms with Gasteiger partial charge in [0.05, 0.1) is 22.2 Å². The summed E-state index contributed by atoms with van der Waals surface area (Å²) in [7, 11) is -0.644. The summed E-state index contributed by atoms with van der Waals surface area (Å²) in [6, 6.07) is 18.0. The number of nitrogens with zero attached hydrogens (tertiary/aromatic N) is 1. The molecule has 0 aliphatic rings. The third-order valence-corrected chi connectivity index (χ3v) is 6.97. The first-order valence-corrected chi connectivity index (χ1v) is 12.1. The van der Waals surface area contributed by atoms with Gasteiger partial charge < -0.3 is 15.4 Å². The van der Waals surface area contributed by atoms with Crippen molar-refractivity contribution in [3.05, 3.63) is 89.7 Å². The van der Waals surface area contributed by atoms with Gasteiger partial charge >= 0.3 is 0 Å². The molecule has 0 aromatic heterocycles. The summed E-state index contributed by atoms with van der Waals surface area (Å²) in [6.45, 7) is 1.34. The number of para-hydroxylation sites is 2. The lowest BCUT2D eigenvalue weighted by Gasteiger charge is -2.17. The normalized spacial score (nSPS) is 12.1. The van der Waals surface area contributed by atoms with Gasteiger partial charge in [0.1, 0.15) is 11.6 Å². The number of benzene rings is 3. The fraction of sp³-hybridized carbons (Fsp3) is 0.200. The van der Waals surface area contributed by atoms with Crippen LogP contribution in [0.1, 0.15) is 28.9 Å². The van der Waals surface area contributed by atoms with Crippen LogP contribution in [0.4, 0.5) is 10.1 Å². The molecular weight excluding hydrogens is 473 g/mol. The fourth-order valence-electron chi connectivity index (χ4n) is 3.17. The molecule has 0 fully saturated rings. The van der Waals surface area contributed by atoms with Crippen LogP contribution in [0.25, 0.3) is 0 Å². The van der Waals surface area contributed by atoms with Crippen LogP contribution < -0.4 is 15.4 Å². The number of carbonyl (C=O) groups excluding carboxylic acids is 2. The Morgan fingerprint density at radius 1 is 0.971 bits per heavy atom. The van der Waals surface area contributed by atoms with Crippen molar-refractivity contribution in [2.24, 2.45) is 0 Å². The molecule has 0 spiro atoms. The Morgan fingerprint density at radius 3 is 2.26 bits per heavy atom. The minimum absolute atomic E-state index is 0.0327. The first kappa shape index (κ1) is 25.9. The highest BCUT2D eigenvalue weighted by Gasteiger charge is 2.19. The van der Waals surface area contributed by atoms with Crippen molar-refractivity contribution in [2.45, 2.75) is 17.9 Å². The van der Waals surface area contributed by atoms with Crippen LogP contribution in [0.15, 0.2) is 77.7 Å². The molecule has 3 rings (SSSR count). The van der Waals surface area contributed by atoms with E-state index in [9.17, 15) is 22.4 Å². The molecule has 10 heteroatoms. The van der Waals surface area contributed by atoms with Gasteiger partial charge in [-0.2, -0.15) is 0 Å². The third kappa shape index (κ3) is 6.43. The quantitative estimate of drug-likeness (QED) is 0.468. The number of sulfonamides is 1. The predicted octanol–water partition coefficient (Wildman–Crippen LogP) is 3.58. The van der Waals surface area contributed by atoms with Crippen LogP contribution in [-0.4, -0.2) is 45.2 Å². The van der Waals surface area contributed by atoms with Crippen molar-refractivity contribution in [1.29, 1.82) is 0 Å². The zero-order chi connectivity index (χ0) is 25.6. The van der Waals surface area contributed by atoms with E-state index in [1.165, 1.54) is 44.4 Å². The van der Waals surface area contributed by atoms with Crippen molar-refractivity contribution in [3.63, 3.8) is 0 Å². The number of anilines is 1. The van der Waals surface area contributed by atoms with Crippen LogP contribution in [0.3, 0.4) is 0 Å². The van der Waals surface area contributed by atoms with Gasteiger partial charge in [-0.05, 0) is 48.9 Å². The average Bonchev–Trinajstić information content (AvgIpc) is 2.84. The van der Waals surface area contributed by atoms with Gasteiger partial charge in [0.2, 0.25) is 10.0 Å². The summed E-state index contributed by atoms with van der Waals surface area (Å²) < 4.78 is 44.8. The van der Waals surface area contributed by atoms with Crippen LogP contribution >= 0.6 is 0 Å². The molecule has 2 amide bonds. The zero-order valence-corrected chi connectivity index (χ0v) is 20.3. The Kier molecular flexibility index (Phi) is 8.21. The highest BCUT2D eigenvalue weighted by molar-refractivity contribution is 7.89. The second-order valence-corrected chi connectivity index (χ2v) is 10.0. The third-order valence-electron chi connectivity index (χ3n) is 5.14. The first-order chi connectivity index (χ1) is 16.6. The molecule has 3 aromatic rings. The summed E-state index contributed by atoms with van der Waals surface area (Å²) in [6.07, 6.45) is 0. The summed E-state index contributed by atoms with van der Waals surface area (Å²) in [5, 5.41) is 5.26. The molecule has 3 aromatic carbocycles. The van der Waals surface area contributed by atoms with Crippen LogP contribution in [0.5, 0.6) is 5.75 Å². The maximum Gasteiger partial charge on any atom is 0.262 e. The summed E-state index contributed by atoms with van der Waals surface area (Å²) in [5.41, 5.74) is 0.953. The van der Waals surface area contributed by atoms with Crippen LogP contribution in [-0.2, 0) is 14.8 Å². The molecule has 8 nitrogen and oxygen atoms in total. The Bertz CT molecular complexity index is 1310. The standard InChI is InChI=1S/C25H26FN3O5S/c1-17(18-12-14-19(15-13-18)35(32,33)29(2)3)27-25(31)20-8-4-7-11-23(20)34-16-24(30)28-22-10-6-5-9-21(22)26/h4-15,17H,16H2,1-3H3,(H,27,31)(H,28,30). The molecule has 0 aliphatic carbocycles. The molecule has 0 bridgehead atoms. The van der Waals surface area contributed by atoms with Gasteiger partial charge in [-0.3, -0.25) is 9.59 Å². The average molecular weight is 500 g/mol. The van der Waals surface area contributed by atoms with E-state index in [-0.39, 0.29) is 21.9 Å². The van der Waals surface area contributed by atoms with E-state index in [1.807, 2.05) is 0 Å². The summed E-state index contributed by atoms with van der Waals surface area (Å²) >= 11 is 0. The molecular formula is C25H26FN3O5S. The Hall–Kier alpha value is -3.76. The van der Waals surface area contributed by atoms with Crippen molar-refractivity contribution < 1.29 is 27.1 Å². The molecule has 0 saturated carbocycles. The highest BCUT2D eigenvalue weighted by Crippen LogP contribution is 2.22. The number of hydrogen-bond acceptors (Lipinski definition) is 5. The van der Waals surface area contributed by atoms with Gasteiger partial charge in [-0.25, -0.2) is 17.1 Å². The van der Waals surface area contributed by atoms with Gasteiger partial charge in [0.25, 0.3) is 11.8 Å². The Labute approximate surface area is 203 Å². The summed E-state index contributed by atoms with van der Waals surface area (Å²) in [5.74, 6) is -1.39. The topological polar surface area (TPSA) is 105 Å². The lowest BCUT2D eigenvalue weighted by Crippen LogP contribution is -2.28. The minimum Gasteiger partial charge on any atom is -0.483 e. The fourth-order valence-corrected chi connectivity index (χ4v) is 4.07. The predicted molar refractivity (Wildman–Crippen MR) is 130 cm³/mol. The molecule has 1 atom stereocenters. The van der Waals surface area contributed by atoms with Gasteiger partial charge in [0.15, 0.2) is 6.61 Å². The number of halogens is 1. The Balaban J connectivity index is 1.65. The van der Waals surface area contributed by atoms with Crippen molar-refractivity contribution in [3.8, 4) is 5.75 Å². The molecule has 35 heavy (non-hydrogen) atoms. The summed E-state index contributed by atoms with van der Waals surface area (Å²) in [4.78, 5) is 25.2. The molecule has 1 unspecified atom stereocenters. The number of carbonyl (C=O) groups is 2. The second kappa shape index (κ2) is 11.1. The van der Waals surface area contributed by atoms with E-state index in [0.717, 1.165) is 4.31 Å². The molecule has 0 aliphatic heterocycles. The number of amides is 2. The van der Waals surface area contributed by atoms with Crippen molar-refractivity contribution >= 4 is 27.5 Å². The maximum absolute atomic E-state index is 13.7. The lowest BCUT2D eigenvalue weighted by atomic mass is 10.1. The van der Waals surface area contributed by atoms with Crippen molar-refractivity contribution in [1.82, 2.24) is 9.62 Å². The van der Waals surface area contributed by atoms with Crippen LogP contribution in [0, 0.1) is 5.82 Å². The van der Waals surface area contributed by atoms with E-state index in [0.29, 0.717) is 5.56 Å². The lowest BCUT2D eigenvalue weighted by molar-refractivity contribution is -0.118. The van der Waals surface area contributed by atoms with Gasteiger partial charge in [-0.1, -0.05) is 36.4 Å².